The van der Waals surface area contributed by atoms with Crippen molar-refractivity contribution >= 4 is 6.09 Å². The highest BCUT2D eigenvalue weighted by atomic mass is 16.6. The molecule has 1 aromatic rings. The molecular formula is C17H26N2O4. The fourth-order valence-corrected chi connectivity index (χ4v) is 2.58. The molecule has 1 fully saturated rings. The summed E-state index contributed by atoms with van der Waals surface area (Å²) >= 11 is 0. The fourth-order valence-electron chi connectivity index (χ4n) is 2.58. The summed E-state index contributed by atoms with van der Waals surface area (Å²) in [6.07, 6.45) is 1.39. The second-order valence-electron chi connectivity index (χ2n) is 5.76. The Bertz CT molecular complexity index is 469. The van der Waals surface area contributed by atoms with Gasteiger partial charge >= 0.3 is 6.09 Å². The molecule has 1 saturated heterocycles. The van der Waals surface area contributed by atoms with Gasteiger partial charge in [0.1, 0.15) is 6.61 Å². The largest absolute Gasteiger partial charge is 0.445 e. The average molecular weight is 322 g/mol. The monoisotopic (exact) mass is 322 g/mol. The molecule has 0 aromatic heterocycles. The number of hydrogen-bond acceptors (Lipinski definition) is 5. The van der Waals surface area contributed by atoms with Gasteiger partial charge in [0.05, 0.1) is 12.6 Å². The Morgan fingerprint density at radius 1 is 1.43 bits per heavy atom. The van der Waals surface area contributed by atoms with E-state index in [-0.39, 0.29) is 18.7 Å². The van der Waals surface area contributed by atoms with Gasteiger partial charge in [-0.2, -0.15) is 0 Å². The third kappa shape index (κ3) is 6.17. The molecule has 6 heteroatoms. The zero-order chi connectivity index (χ0) is 16.5. The predicted molar refractivity (Wildman–Crippen MR) is 86.8 cm³/mol. The summed E-state index contributed by atoms with van der Waals surface area (Å²) in [5, 5.41) is 15.8. The number of carbonyl (C=O) groups excluding carboxylic acids is 1. The minimum atomic E-state index is -0.762. The van der Waals surface area contributed by atoms with Crippen LogP contribution in [-0.4, -0.2) is 42.7 Å². The minimum absolute atomic E-state index is 0.0314. The standard InChI is InChI=1S/C17H26N2O4/c1-2-6-14(11-18-15-9-10-22-16(15)20)19-17(21)23-12-13-7-4-3-5-8-13/h3-5,7-8,14-16,18,20H,2,6,9-12H2,1H3,(H,19,21)/t14-,15+,16?/m1/s1. The van der Waals surface area contributed by atoms with E-state index in [9.17, 15) is 9.90 Å². The number of aliphatic hydroxyl groups is 1. The van der Waals surface area contributed by atoms with Crippen LogP contribution in [0.15, 0.2) is 30.3 Å². The van der Waals surface area contributed by atoms with Gasteiger partial charge in [0, 0.05) is 12.6 Å². The Kier molecular flexibility index (Phi) is 7.32. The number of carbonyl (C=O) groups is 1. The molecule has 0 bridgehead atoms. The number of alkyl carbamates (subject to hydrolysis) is 1. The first kappa shape index (κ1) is 17.7. The molecule has 1 amide bonds. The normalized spacial score (nSPS) is 21.8. The van der Waals surface area contributed by atoms with Gasteiger partial charge < -0.3 is 25.2 Å². The molecule has 0 aliphatic carbocycles. The summed E-state index contributed by atoms with van der Waals surface area (Å²) in [6, 6.07) is 9.48. The van der Waals surface area contributed by atoms with E-state index in [1.165, 1.54) is 0 Å². The number of hydrogen-bond donors (Lipinski definition) is 3. The van der Waals surface area contributed by atoms with Crippen molar-refractivity contribution in [3.8, 4) is 0 Å². The van der Waals surface area contributed by atoms with Crippen molar-refractivity contribution in [1.29, 1.82) is 0 Å². The van der Waals surface area contributed by atoms with E-state index in [1.54, 1.807) is 0 Å². The van der Waals surface area contributed by atoms with Gasteiger partial charge in [-0.05, 0) is 18.4 Å². The zero-order valence-electron chi connectivity index (χ0n) is 13.5. The zero-order valence-corrected chi connectivity index (χ0v) is 13.5. The fraction of sp³-hybridized carbons (Fsp3) is 0.588. The highest BCUT2D eigenvalue weighted by Crippen LogP contribution is 2.11. The molecule has 6 nitrogen and oxygen atoms in total. The molecule has 1 heterocycles. The lowest BCUT2D eigenvalue weighted by Gasteiger charge is -2.22. The first-order chi connectivity index (χ1) is 11.2. The lowest BCUT2D eigenvalue weighted by atomic mass is 10.1. The molecule has 1 aromatic carbocycles. The lowest BCUT2D eigenvalue weighted by molar-refractivity contribution is -0.0718. The number of nitrogens with one attached hydrogen (secondary N) is 2. The maximum Gasteiger partial charge on any atom is 0.407 e. The van der Waals surface area contributed by atoms with E-state index in [2.05, 4.69) is 17.6 Å². The molecular weight excluding hydrogens is 296 g/mol. The Morgan fingerprint density at radius 3 is 2.87 bits per heavy atom. The number of amides is 1. The molecule has 0 radical (unpaired) electrons. The molecule has 0 saturated carbocycles. The third-order valence-corrected chi connectivity index (χ3v) is 3.86. The van der Waals surface area contributed by atoms with Crippen LogP contribution in [-0.2, 0) is 16.1 Å². The van der Waals surface area contributed by atoms with Crippen LogP contribution in [0.1, 0.15) is 31.7 Å². The predicted octanol–water partition coefficient (Wildman–Crippen LogP) is 1.78. The van der Waals surface area contributed by atoms with Crippen LogP contribution in [0.4, 0.5) is 4.79 Å². The average Bonchev–Trinajstić information content (AvgIpc) is 2.97. The van der Waals surface area contributed by atoms with Gasteiger partial charge in [-0.25, -0.2) is 4.79 Å². The molecule has 2 rings (SSSR count). The van der Waals surface area contributed by atoms with E-state index < -0.39 is 12.4 Å². The van der Waals surface area contributed by atoms with Crippen molar-refractivity contribution in [1.82, 2.24) is 10.6 Å². The summed E-state index contributed by atoms with van der Waals surface area (Å²) in [4.78, 5) is 11.9. The van der Waals surface area contributed by atoms with E-state index in [0.717, 1.165) is 24.8 Å². The summed E-state index contributed by atoms with van der Waals surface area (Å²) < 4.78 is 10.4. The Labute approximate surface area is 137 Å². The third-order valence-electron chi connectivity index (χ3n) is 3.86. The summed E-state index contributed by atoms with van der Waals surface area (Å²) in [5.74, 6) is 0. The SMILES string of the molecule is CCC[C@H](CN[C@H]1CCOC1O)NC(=O)OCc1ccccc1. The Morgan fingerprint density at radius 2 is 2.22 bits per heavy atom. The van der Waals surface area contributed by atoms with Crippen LogP contribution >= 0.6 is 0 Å². The first-order valence-electron chi connectivity index (χ1n) is 8.19. The van der Waals surface area contributed by atoms with E-state index in [4.69, 9.17) is 9.47 Å². The first-order valence-corrected chi connectivity index (χ1v) is 8.19. The molecule has 1 aliphatic heterocycles. The molecule has 0 spiro atoms. The molecule has 3 atom stereocenters. The van der Waals surface area contributed by atoms with Gasteiger partial charge in [0.25, 0.3) is 0 Å². The van der Waals surface area contributed by atoms with Crippen LogP contribution in [0.2, 0.25) is 0 Å². The van der Waals surface area contributed by atoms with Crippen molar-refractivity contribution in [2.75, 3.05) is 13.2 Å². The number of benzene rings is 1. The minimum Gasteiger partial charge on any atom is -0.445 e. The van der Waals surface area contributed by atoms with Crippen LogP contribution in [0.5, 0.6) is 0 Å². The smallest absolute Gasteiger partial charge is 0.407 e. The van der Waals surface area contributed by atoms with Crippen LogP contribution in [0, 0.1) is 0 Å². The highest BCUT2D eigenvalue weighted by Gasteiger charge is 2.26. The summed E-state index contributed by atoms with van der Waals surface area (Å²) in [7, 11) is 0. The van der Waals surface area contributed by atoms with Crippen molar-refractivity contribution in [3.05, 3.63) is 35.9 Å². The number of aliphatic hydroxyl groups excluding tert-OH is 1. The highest BCUT2D eigenvalue weighted by molar-refractivity contribution is 5.67. The van der Waals surface area contributed by atoms with Crippen LogP contribution in [0.3, 0.4) is 0 Å². The van der Waals surface area contributed by atoms with Gasteiger partial charge in [-0.3, -0.25) is 0 Å². The molecule has 23 heavy (non-hydrogen) atoms. The van der Waals surface area contributed by atoms with E-state index >= 15 is 0 Å². The lowest BCUT2D eigenvalue weighted by Crippen LogP contribution is -2.47. The van der Waals surface area contributed by atoms with E-state index in [1.807, 2.05) is 30.3 Å². The molecule has 1 aliphatic rings. The Balaban J connectivity index is 1.73. The van der Waals surface area contributed by atoms with Gasteiger partial charge in [-0.15, -0.1) is 0 Å². The van der Waals surface area contributed by atoms with Crippen molar-refractivity contribution in [2.24, 2.45) is 0 Å². The van der Waals surface area contributed by atoms with Crippen LogP contribution in [0.25, 0.3) is 0 Å². The van der Waals surface area contributed by atoms with Crippen molar-refractivity contribution < 1.29 is 19.4 Å². The summed E-state index contributed by atoms with van der Waals surface area (Å²) in [5.41, 5.74) is 0.957. The maximum absolute atomic E-state index is 11.9. The van der Waals surface area contributed by atoms with Gasteiger partial charge in [0.2, 0.25) is 0 Å². The van der Waals surface area contributed by atoms with Crippen molar-refractivity contribution in [2.45, 2.75) is 51.2 Å². The van der Waals surface area contributed by atoms with Gasteiger partial charge in [-0.1, -0.05) is 43.7 Å². The van der Waals surface area contributed by atoms with Crippen molar-refractivity contribution in [3.63, 3.8) is 0 Å². The second-order valence-corrected chi connectivity index (χ2v) is 5.76. The quantitative estimate of drug-likeness (QED) is 0.680. The molecule has 1 unspecified atom stereocenters. The maximum atomic E-state index is 11.9. The molecule has 3 N–H and O–H groups in total. The second kappa shape index (κ2) is 9.50. The molecule has 128 valence electrons. The van der Waals surface area contributed by atoms with Crippen LogP contribution < -0.4 is 10.6 Å². The van der Waals surface area contributed by atoms with Gasteiger partial charge in [0.15, 0.2) is 6.29 Å². The summed E-state index contributed by atoms with van der Waals surface area (Å²) in [6.45, 7) is 3.47. The Hall–Kier alpha value is -1.63. The number of ether oxygens (including phenoxy) is 2. The van der Waals surface area contributed by atoms with E-state index in [0.29, 0.717) is 13.2 Å². The number of rotatable bonds is 8. The topological polar surface area (TPSA) is 79.8 Å².